The number of carbonyl (C=O) groups excluding carboxylic acids is 2. The number of hydrogen-bond acceptors (Lipinski definition) is 5. The van der Waals surface area contributed by atoms with Gasteiger partial charge in [-0.1, -0.05) is 0 Å². The largest absolute Gasteiger partial charge is 0.469 e. The van der Waals surface area contributed by atoms with E-state index < -0.39 is 0 Å². The molecule has 1 heterocycles. The van der Waals surface area contributed by atoms with Gasteiger partial charge in [0, 0.05) is 26.4 Å². The topological polar surface area (TPSA) is 84.5 Å². The van der Waals surface area contributed by atoms with Crippen molar-refractivity contribution in [3.8, 4) is 0 Å². The van der Waals surface area contributed by atoms with E-state index in [1.54, 1.807) is 7.11 Å². The second-order valence-corrected chi connectivity index (χ2v) is 3.60. The van der Waals surface area contributed by atoms with Crippen LogP contribution in [0, 0.1) is 0 Å². The number of rotatable bonds is 7. The van der Waals surface area contributed by atoms with Crippen LogP contribution in [-0.4, -0.2) is 60.9 Å². The van der Waals surface area contributed by atoms with Gasteiger partial charge < -0.3 is 14.4 Å². The van der Waals surface area contributed by atoms with Crippen molar-refractivity contribution in [1.82, 2.24) is 15.1 Å². The third-order valence-electron chi connectivity index (χ3n) is 2.41. The van der Waals surface area contributed by atoms with Crippen LogP contribution in [0.4, 0.5) is 0 Å². The minimum Gasteiger partial charge on any atom is -0.469 e. The number of methoxy groups -OCH3 is 2. The van der Waals surface area contributed by atoms with Crippen molar-refractivity contribution < 1.29 is 19.1 Å². The molecule has 0 aliphatic carbocycles. The Labute approximate surface area is 105 Å². The first kappa shape index (κ1) is 14.2. The van der Waals surface area contributed by atoms with E-state index >= 15 is 0 Å². The maximum absolute atomic E-state index is 12.1. The standard InChI is InChI=1S/C11H17N3O4/c1-17-6-5-14(4-3-10(15)18-2)11(16)9-7-12-13-8-9/h7-8H,3-6H2,1-2H3,(H,12,13). The minimum absolute atomic E-state index is 0.157. The number of ether oxygens (including phenoxy) is 2. The lowest BCUT2D eigenvalue weighted by atomic mass is 10.3. The molecule has 18 heavy (non-hydrogen) atoms. The first-order valence-electron chi connectivity index (χ1n) is 5.52. The van der Waals surface area contributed by atoms with Crippen molar-refractivity contribution in [2.75, 3.05) is 33.9 Å². The molecule has 1 N–H and O–H groups in total. The highest BCUT2D eigenvalue weighted by molar-refractivity contribution is 5.93. The summed E-state index contributed by atoms with van der Waals surface area (Å²) in [6.45, 7) is 1.11. The van der Waals surface area contributed by atoms with Crippen molar-refractivity contribution in [3.63, 3.8) is 0 Å². The van der Waals surface area contributed by atoms with Gasteiger partial charge in [0.1, 0.15) is 0 Å². The lowest BCUT2D eigenvalue weighted by molar-refractivity contribution is -0.140. The molecule has 0 aliphatic rings. The Morgan fingerprint density at radius 2 is 2.17 bits per heavy atom. The van der Waals surface area contributed by atoms with Gasteiger partial charge in [-0.2, -0.15) is 5.10 Å². The fraction of sp³-hybridized carbons (Fsp3) is 0.545. The third kappa shape index (κ3) is 4.17. The Balaban J connectivity index is 2.59. The SMILES string of the molecule is COCCN(CCC(=O)OC)C(=O)c1cn[nH]c1. The monoisotopic (exact) mass is 255 g/mol. The maximum atomic E-state index is 12.1. The molecule has 100 valence electrons. The number of aromatic nitrogens is 2. The summed E-state index contributed by atoms with van der Waals surface area (Å²) in [5, 5.41) is 6.30. The number of H-pyrrole nitrogens is 1. The molecular weight excluding hydrogens is 238 g/mol. The molecule has 0 radical (unpaired) electrons. The average molecular weight is 255 g/mol. The second kappa shape index (κ2) is 7.44. The van der Waals surface area contributed by atoms with Gasteiger partial charge in [0.15, 0.2) is 0 Å². The fourth-order valence-electron chi connectivity index (χ4n) is 1.40. The van der Waals surface area contributed by atoms with Crippen LogP contribution in [0.3, 0.4) is 0 Å². The molecule has 1 aromatic heterocycles. The van der Waals surface area contributed by atoms with Crippen molar-refractivity contribution in [2.24, 2.45) is 0 Å². The number of hydrogen-bond donors (Lipinski definition) is 1. The van der Waals surface area contributed by atoms with Crippen molar-refractivity contribution in [1.29, 1.82) is 0 Å². The molecule has 0 spiro atoms. The molecule has 0 atom stereocenters. The van der Waals surface area contributed by atoms with E-state index in [1.165, 1.54) is 24.4 Å². The summed E-state index contributed by atoms with van der Waals surface area (Å²) < 4.78 is 9.49. The van der Waals surface area contributed by atoms with E-state index in [0.717, 1.165) is 0 Å². The van der Waals surface area contributed by atoms with Crippen LogP contribution < -0.4 is 0 Å². The minimum atomic E-state index is -0.350. The third-order valence-corrected chi connectivity index (χ3v) is 2.41. The predicted octanol–water partition coefficient (Wildman–Crippen LogP) is 0.0614. The van der Waals surface area contributed by atoms with Crippen LogP contribution in [0.5, 0.6) is 0 Å². The van der Waals surface area contributed by atoms with Crippen LogP contribution in [0.1, 0.15) is 16.8 Å². The molecular formula is C11H17N3O4. The van der Waals surface area contributed by atoms with Gasteiger partial charge in [-0.05, 0) is 0 Å². The highest BCUT2D eigenvalue weighted by Crippen LogP contribution is 2.03. The zero-order chi connectivity index (χ0) is 13.4. The molecule has 0 fully saturated rings. The molecule has 0 saturated heterocycles. The molecule has 0 aromatic carbocycles. The van der Waals surface area contributed by atoms with Gasteiger partial charge in [0.05, 0.1) is 31.9 Å². The number of amides is 1. The van der Waals surface area contributed by atoms with Crippen LogP contribution in [0.2, 0.25) is 0 Å². The fourth-order valence-corrected chi connectivity index (χ4v) is 1.40. The van der Waals surface area contributed by atoms with Gasteiger partial charge >= 0.3 is 5.97 Å². The summed E-state index contributed by atoms with van der Waals surface area (Å²) in [6.07, 6.45) is 3.12. The number of esters is 1. The van der Waals surface area contributed by atoms with Crippen molar-refractivity contribution >= 4 is 11.9 Å². The zero-order valence-electron chi connectivity index (χ0n) is 10.5. The Bertz CT molecular complexity index is 378. The molecule has 1 amide bonds. The van der Waals surface area contributed by atoms with Crippen LogP contribution in [0.15, 0.2) is 12.4 Å². The normalized spacial score (nSPS) is 10.1. The number of nitrogens with one attached hydrogen (secondary N) is 1. The van der Waals surface area contributed by atoms with Gasteiger partial charge in [0.2, 0.25) is 0 Å². The Morgan fingerprint density at radius 1 is 1.39 bits per heavy atom. The van der Waals surface area contributed by atoms with Gasteiger partial charge in [0.25, 0.3) is 5.91 Å². The lowest BCUT2D eigenvalue weighted by Gasteiger charge is -2.21. The molecule has 0 unspecified atom stereocenters. The average Bonchev–Trinajstić information content (AvgIpc) is 2.91. The summed E-state index contributed by atoms with van der Waals surface area (Å²) in [4.78, 5) is 24.7. The molecule has 1 aromatic rings. The van der Waals surface area contributed by atoms with E-state index in [4.69, 9.17) is 4.74 Å². The zero-order valence-corrected chi connectivity index (χ0v) is 10.5. The Hall–Kier alpha value is -1.89. The highest BCUT2D eigenvalue weighted by atomic mass is 16.5. The Morgan fingerprint density at radius 3 is 2.72 bits per heavy atom. The predicted molar refractivity (Wildman–Crippen MR) is 63.0 cm³/mol. The molecule has 0 bridgehead atoms. The van der Waals surface area contributed by atoms with Crippen molar-refractivity contribution in [2.45, 2.75) is 6.42 Å². The van der Waals surface area contributed by atoms with Crippen LogP contribution in [0.25, 0.3) is 0 Å². The lowest BCUT2D eigenvalue weighted by Crippen LogP contribution is -2.35. The smallest absolute Gasteiger partial charge is 0.307 e. The molecule has 0 aliphatic heterocycles. The maximum Gasteiger partial charge on any atom is 0.307 e. The van der Waals surface area contributed by atoms with Gasteiger partial charge in [-0.15, -0.1) is 0 Å². The number of aromatic amines is 1. The second-order valence-electron chi connectivity index (χ2n) is 3.60. The summed E-state index contributed by atoms with van der Waals surface area (Å²) in [7, 11) is 2.88. The van der Waals surface area contributed by atoms with Crippen LogP contribution in [-0.2, 0) is 14.3 Å². The van der Waals surface area contributed by atoms with Crippen molar-refractivity contribution in [3.05, 3.63) is 18.0 Å². The molecule has 1 rings (SSSR count). The summed E-state index contributed by atoms with van der Waals surface area (Å²) in [5.41, 5.74) is 0.455. The first-order chi connectivity index (χ1) is 8.69. The van der Waals surface area contributed by atoms with E-state index in [2.05, 4.69) is 14.9 Å². The quantitative estimate of drug-likeness (QED) is 0.696. The first-order valence-corrected chi connectivity index (χ1v) is 5.52. The Kier molecular flexibility index (Phi) is 5.86. The number of nitrogens with zero attached hydrogens (tertiary/aromatic N) is 2. The van der Waals surface area contributed by atoms with E-state index in [9.17, 15) is 9.59 Å². The molecule has 7 heteroatoms. The molecule has 0 saturated carbocycles. The van der Waals surface area contributed by atoms with Crippen LogP contribution >= 0.6 is 0 Å². The van der Waals surface area contributed by atoms with E-state index in [0.29, 0.717) is 25.3 Å². The van der Waals surface area contributed by atoms with E-state index in [1.807, 2.05) is 0 Å². The van der Waals surface area contributed by atoms with E-state index in [-0.39, 0.29) is 18.3 Å². The summed E-state index contributed by atoms with van der Waals surface area (Å²) in [5.74, 6) is -0.540. The van der Waals surface area contributed by atoms with Gasteiger partial charge in [-0.3, -0.25) is 14.7 Å². The van der Waals surface area contributed by atoms with Gasteiger partial charge in [-0.25, -0.2) is 0 Å². The number of carbonyl (C=O) groups is 2. The summed E-state index contributed by atoms with van der Waals surface area (Å²) in [6, 6.07) is 0. The molecule has 7 nitrogen and oxygen atoms in total. The highest BCUT2D eigenvalue weighted by Gasteiger charge is 2.17. The summed E-state index contributed by atoms with van der Waals surface area (Å²) >= 11 is 0.